The number of ether oxygens (including phenoxy) is 4. The van der Waals surface area contributed by atoms with E-state index in [0.717, 1.165) is 28.9 Å². The zero-order chi connectivity index (χ0) is 95.8. The summed E-state index contributed by atoms with van der Waals surface area (Å²) in [5, 5.41) is 58.8. The van der Waals surface area contributed by atoms with E-state index in [1.807, 2.05) is 28.8 Å². The largest absolute Gasteiger partial charge is 0.433 e. The number of imidazole rings is 4. The van der Waals surface area contributed by atoms with Gasteiger partial charge in [-0.15, -0.1) is 5.10 Å². The number of aliphatic hydroxyl groups excluding tert-OH is 4. The Morgan fingerprint density at radius 3 is 1.14 bits per heavy atom. The Hall–Kier alpha value is -14.5. The Morgan fingerprint density at radius 1 is 0.415 bits per heavy atom. The number of fused-ring (bicyclic) bond motifs is 4. The van der Waals surface area contributed by atoms with Gasteiger partial charge in [0, 0.05) is 118 Å². The molecule has 0 bridgehead atoms. The van der Waals surface area contributed by atoms with Crippen LogP contribution >= 0.6 is 0 Å². The second-order valence-electron chi connectivity index (χ2n) is 30.2. The van der Waals surface area contributed by atoms with Crippen LogP contribution in [0.3, 0.4) is 0 Å². The van der Waals surface area contributed by atoms with Crippen LogP contribution in [-0.4, -0.2) is 252 Å². The molecule has 10 heterocycles. The van der Waals surface area contributed by atoms with E-state index in [4.69, 9.17) is 18.9 Å². The van der Waals surface area contributed by atoms with Crippen LogP contribution in [0.15, 0.2) is 169 Å². The van der Waals surface area contributed by atoms with Crippen LogP contribution in [0.1, 0.15) is 78.5 Å². The van der Waals surface area contributed by atoms with E-state index in [2.05, 4.69) is 66.4 Å². The van der Waals surface area contributed by atoms with Gasteiger partial charge in [0.15, 0.2) is 0 Å². The first-order valence-electron chi connectivity index (χ1n) is 41.9. The lowest BCUT2D eigenvalue weighted by Gasteiger charge is -2.26. The van der Waals surface area contributed by atoms with Crippen molar-refractivity contribution in [2.24, 2.45) is 0 Å². The van der Waals surface area contributed by atoms with Crippen molar-refractivity contribution in [2.45, 2.75) is 69.1 Å². The van der Waals surface area contributed by atoms with Crippen molar-refractivity contribution in [3.05, 3.63) is 204 Å². The first-order chi connectivity index (χ1) is 64.9. The number of nitrogens with zero attached hydrogens (tertiary/aromatic N) is 17. The molecule has 6 aromatic heterocycles. The number of anilines is 8. The highest BCUT2D eigenvalue weighted by Crippen LogP contribution is 2.36. The van der Waals surface area contributed by atoms with Crippen molar-refractivity contribution in [1.29, 1.82) is 0 Å². The first-order valence-corrected chi connectivity index (χ1v) is 43.4. The second-order valence-corrected chi connectivity index (χ2v) is 32.1. The number of aliphatic hydroxyl groups is 4. The molecule has 9 N–H and O–H groups in total. The third-order valence-electron chi connectivity index (χ3n) is 21.3. The summed E-state index contributed by atoms with van der Waals surface area (Å²) in [5.74, 6) is -3.87. The average Bonchev–Trinajstić information content (AvgIpc) is 1.64. The molecule has 0 spiro atoms. The van der Waals surface area contributed by atoms with Gasteiger partial charge in [0.2, 0.25) is 33.8 Å². The number of amides is 8. The molecule has 135 heavy (non-hydrogen) atoms. The number of tetrazole rings is 1. The fourth-order valence-corrected chi connectivity index (χ4v) is 15.6. The Labute approximate surface area is 761 Å². The lowest BCUT2D eigenvalue weighted by molar-refractivity contribution is -0.141. The number of benzene rings is 7. The first kappa shape index (κ1) is 96.6. The number of alkyl halides is 6. The molecular formula is C87H87F7N22O18S. The van der Waals surface area contributed by atoms with Crippen molar-refractivity contribution in [1.82, 2.24) is 68.1 Å². The van der Waals surface area contributed by atoms with Crippen molar-refractivity contribution in [2.75, 3.05) is 153 Å². The van der Waals surface area contributed by atoms with Crippen LogP contribution in [0, 0.1) is 5.82 Å². The predicted octanol–water partition coefficient (Wildman–Crippen LogP) is 7.59. The summed E-state index contributed by atoms with van der Waals surface area (Å²) in [7, 11) is -2.41. The molecule has 4 aliphatic heterocycles. The maximum Gasteiger partial charge on any atom is 0.433 e. The Balaban J connectivity index is 0.000000144. The molecule has 17 rings (SSSR count). The molecule has 40 nitrogen and oxygen atoms in total. The second kappa shape index (κ2) is 43.0. The molecule has 0 saturated carbocycles. The van der Waals surface area contributed by atoms with E-state index < -0.39 is 68.4 Å². The molecule has 0 unspecified atom stereocenters. The smallest absolute Gasteiger partial charge is 0.396 e. The average molecular weight is 1890 g/mol. The quantitative estimate of drug-likeness (QED) is 0.0224. The summed E-state index contributed by atoms with van der Waals surface area (Å²) >= 11 is 0. The number of rotatable bonds is 27. The van der Waals surface area contributed by atoms with Gasteiger partial charge in [0.05, 0.1) is 86.7 Å². The van der Waals surface area contributed by atoms with Crippen molar-refractivity contribution >= 4 is 148 Å². The SMILES string of the molecule is CNS(=O)(=O)c1cccc(C(=O)Nc2nc3cc(N4CCOCC4=O)ccc3n2CCCO)c1.O=C(Nc1nc2cc(N3CCOCC3=O)ccc2n1CCCO)c1cc(F)cc(C(F)(F)F)c1.O=C(Nc1nc2cc(N3CCOCC3=O)ccc2n1CCCO)c1cccc(-n2cnnn2)c1.O=C(Nc1nc2cc(N3CCOCC3=O)ccc2n1CCCO)c1cccc(C(F)(F)F)n1. The summed E-state index contributed by atoms with van der Waals surface area (Å²) in [6.07, 6.45) is -6.45. The Bertz CT molecular complexity index is 6690. The van der Waals surface area contributed by atoms with Gasteiger partial charge in [-0.25, -0.2) is 47.1 Å². The molecule has 48 heteroatoms. The monoisotopic (exact) mass is 1890 g/mol. The molecule has 4 saturated heterocycles. The highest BCUT2D eigenvalue weighted by molar-refractivity contribution is 7.89. The summed E-state index contributed by atoms with van der Waals surface area (Å²) in [4.78, 5) is 128. The normalized spacial score (nSPS) is 14.5. The zero-order valence-electron chi connectivity index (χ0n) is 71.7. The highest BCUT2D eigenvalue weighted by Gasteiger charge is 2.36. The molecule has 4 aliphatic rings. The van der Waals surface area contributed by atoms with Gasteiger partial charge in [0.25, 0.3) is 47.3 Å². The van der Waals surface area contributed by atoms with Crippen LogP contribution in [0.25, 0.3) is 49.8 Å². The van der Waals surface area contributed by atoms with Gasteiger partial charge < -0.3 is 77.2 Å². The minimum absolute atomic E-state index is 0.00140. The van der Waals surface area contributed by atoms with Crippen molar-refractivity contribution < 1.29 is 117 Å². The van der Waals surface area contributed by atoms with E-state index in [1.165, 1.54) is 48.4 Å². The summed E-state index contributed by atoms with van der Waals surface area (Å²) < 4.78 is 147. The van der Waals surface area contributed by atoms with Gasteiger partial charge in [-0.2, -0.15) is 26.3 Å². The number of aromatic nitrogens is 13. The number of hydrogen-bond acceptors (Lipinski definition) is 26. The maximum atomic E-state index is 13.8. The van der Waals surface area contributed by atoms with Crippen LogP contribution in [0.5, 0.6) is 0 Å². The predicted molar refractivity (Wildman–Crippen MR) is 473 cm³/mol. The highest BCUT2D eigenvalue weighted by atomic mass is 32.2. The van der Waals surface area contributed by atoms with Crippen LogP contribution in [0.2, 0.25) is 0 Å². The molecule has 0 radical (unpaired) electrons. The number of halogens is 7. The third-order valence-corrected chi connectivity index (χ3v) is 22.7. The molecule has 4 fully saturated rings. The van der Waals surface area contributed by atoms with Crippen molar-refractivity contribution in [3.8, 4) is 5.69 Å². The zero-order valence-corrected chi connectivity index (χ0v) is 72.5. The van der Waals surface area contributed by atoms with E-state index in [-0.39, 0.29) is 117 Å². The molecule has 0 atom stereocenters. The minimum Gasteiger partial charge on any atom is -0.396 e. The summed E-state index contributed by atoms with van der Waals surface area (Å²) in [6, 6.07) is 38.3. The summed E-state index contributed by atoms with van der Waals surface area (Å²) in [6.45, 7) is 4.46. The third kappa shape index (κ3) is 23.1. The number of pyridine rings is 1. The molecular weight excluding hydrogens is 1810 g/mol. The van der Waals surface area contributed by atoms with Gasteiger partial charge in [-0.3, -0.25) is 59.6 Å². The topological polar surface area (TPSA) is 489 Å². The lowest BCUT2D eigenvalue weighted by Crippen LogP contribution is -2.41. The van der Waals surface area contributed by atoms with Gasteiger partial charge in [0.1, 0.15) is 50.0 Å². The standard InChI is InChI=1S/C22H20F4N4O4.C22H22N8O4.C22H25N5O6S.C21H20F3N5O4/c23-15-9-13(8-14(10-15)22(24,25)26)20(33)28-21-27-17-11-16(29-5-7-34-12-19(29)32)2-3-18(17)30(21)4-1-6-31;31-9-2-7-29-19-6-5-16(28-8-10-34-13-20(28)32)12-18(19)24-22(29)25-21(33)15-3-1-4-17(11-15)30-14-23-26-27-30;1-23-34(31,32)17-5-2-4-15(12-17)21(30)25-22-24-18-13-16(26-9-11-33-14-20(26)29)6-7-19(18)27(22)8-3-10-28;22-21(23,24)17-4-1-3-14(25-17)19(32)27-20-26-15-11-13(28-8-10-33-12-18(28)31)5-6-16(15)29(20)7-2-9-30/h2-3,8-11,31H,1,4-7,12H2,(H,27,28,33);1,3-6,11-12,14,31H,2,7-10,13H2,(H,24,25,33);2,4-7,12-13,23,28H,3,8-11,14H2,1H3,(H,24,25,30);1,3-6,11,30H,2,7-10,12H2,(H,26,27,32). The molecule has 708 valence electrons. The van der Waals surface area contributed by atoms with Crippen molar-refractivity contribution in [3.63, 3.8) is 0 Å². The molecule has 7 aromatic carbocycles. The molecule has 0 aliphatic carbocycles. The number of aryl methyl sites for hydroxylation is 4. The van der Waals surface area contributed by atoms with E-state index in [9.17, 15) is 97.9 Å². The number of sulfonamides is 1. The van der Waals surface area contributed by atoms with E-state index in [0.29, 0.717) is 183 Å². The minimum atomic E-state index is -4.82. The fraction of sp³-hybridized carbons (Fsp3) is 0.310. The molecule has 13 aromatic rings. The fourth-order valence-electron chi connectivity index (χ4n) is 14.8. The number of nitrogens with one attached hydrogen (secondary N) is 5. The summed E-state index contributed by atoms with van der Waals surface area (Å²) in [5.41, 5.74) is 5.19. The van der Waals surface area contributed by atoms with Crippen LogP contribution in [0.4, 0.5) is 77.3 Å². The van der Waals surface area contributed by atoms with Crippen LogP contribution < -0.4 is 45.6 Å². The Morgan fingerprint density at radius 2 is 0.785 bits per heavy atom. The number of carbonyl (C=O) groups is 8. The maximum absolute atomic E-state index is 13.8. The van der Waals surface area contributed by atoms with E-state index in [1.54, 1.807) is 106 Å². The lowest BCUT2D eigenvalue weighted by atomic mass is 10.1. The molecule has 8 amide bonds. The van der Waals surface area contributed by atoms with Crippen LogP contribution in [-0.2, 0) is 86.7 Å². The number of morpholine rings is 4. The van der Waals surface area contributed by atoms with Gasteiger partial charge >= 0.3 is 12.4 Å². The van der Waals surface area contributed by atoms with E-state index >= 15 is 0 Å². The number of hydrogen-bond donors (Lipinski definition) is 9. The van der Waals surface area contributed by atoms with Gasteiger partial charge in [-0.05, 0) is 183 Å². The number of carbonyl (C=O) groups excluding carboxylic acids is 8. The Kier molecular flexibility index (Phi) is 30.8. The van der Waals surface area contributed by atoms with Gasteiger partial charge in [-0.1, -0.05) is 18.2 Å².